The van der Waals surface area contributed by atoms with Crippen LogP contribution in [0.5, 0.6) is 0 Å². The number of aromatic amines is 1. The summed E-state index contributed by atoms with van der Waals surface area (Å²) in [5, 5.41) is 5.19. The number of carbonyl (C=O) groups is 1. The van der Waals surface area contributed by atoms with Crippen LogP contribution in [0.1, 0.15) is 20.8 Å². The molecule has 1 aromatic rings. The zero-order valence-electron chi connectivity index (χ0n) is 12.1. The molecule has 0 aromatic carbocycles. The van der Waals surface area contributed by atoms with Crippen molar-refractivity contribution in [2.24, 2.45) is 5.92 Å². The number of nitrogens with one attached hydrogen (secondary N) is 3. The molecule has 0 radical (unpaired) electrons. The summed E-state index contributed by atoms with van der Waals surface area (Å²) in [6, 6.07) is -0.645. The van der Waals surface area contributed by atoms with Crippen molar-refractivity contribution in [3.05, 3.63) is 20.8 Å². The monoisotopic (exact) mass is 283 g/mol. The van der Waals surface area contributed by atoms with E-state index in [0.29, 0.717) is 6.54 Å². The van der Waals surface area contributed by atoms with Gasteiger partial charge < -0.3 is 16.4 Å². The highest BCUT2D eigenvalue weighted by atomic mass is 16.2. The van der Waals surface area contributed by atoms with Gasteiger partial charge in [0.2, 0.25) is 5.91 Å². The molecule has 5 N–H and O–H groups in total. The summed E-state index contributed by atoms with van der Waals surface area (Å²) in [6.45, 7) is 5.83. The number of hydrogen-bond donors (Lipinski definition) is 4. The van der Waals surface area contributed by atoms with Gasteiger partial charge in [0.05, 0.1) is 0 Å². The van der Waals surface area contributed by atoms with E-state index >= 15 is 0 Å². The maximum Gasteiger partial charge on any atom is 0.330 e. The normalized spacial score (nSPS) is 12.2. The van der Waals surface area contributed by atoms with E-state index in [2.05, 4.69) is 15.6 Å². The average Bonchev–Trinajstić information content (AvgIpc) is 2.37. The number of amides is 1. The highest BCUT2D eigenvalue weighted by Gasteiger charge is 2.17. The minimum absolute atomic E-state index is 0.0290. The van der Waals surface area contributed by atoms with Gasteiger partial charge in [0, 0.05) is 13.6 Å². The molecule has 1 unspecified atom stereocenters. The molecule has 1 amide bonds. The second-order valence-corrected chi connectivity index (χ2v) is 5.00. The first-order valence-corrected chi connectivity index (χ1v) is 6.38. The van der Waals surface area contributed by atoms with Crippen molar-refractivity contribution in [3.63, 3.8) is 0 Å². The zero-order valence-corrected chi connectivity index (χ0v) is 12.1. The van der Waals surface area contributed by atoms with Gasteiger partial charge in [-0.1, -0.05) is 13.8 Å². The van der Waals surface area contributed by atoms with E-state index in [-0.39, 0.29) is 23.3 Å². The fraction of sp³-hybridized carbons (Fsp3) is 0.583. The first-order valence-electron chi connectivity index (χ1n) is 6.38. The van der Waals surface area contributed by atoms with Gasteiger partial charge in [-0.05, 0) is 12.8 Å². The van der Waals surface area contributed by atoms with E-state index in [1.807, 2.05) is 13.8 Å². The zero-order chi connectivity index (χ0) is 15.4. The van der Waals surface area contributed by atoms with Crippen LogP contribution in [-0.4, -0.2) is 28.5 Å². The molecule has 1 heterocycles. The Morgan fingerprint density at radius 2 is 1.95 bits per heavy atom. The molecule has 0 aliphatic heterocycles. The van der Waals surface area contributed by atoms with Gasteiger partial charge in [0.25, 0.3) is 5.56 Å². The number of rotatable bonds is 5. The van der Waals surface area contributed by atoms with Gasteiger partial charge in [-0.15, -0.1) is 0 Å². The second-order valence-electron chi connectivity index (χ2n) is 5.00. The Labute approximate surface area is 116 Å². The van der Waals surface area contributed by atoms with E-state index in [9.17, 15) is 14.4 Å². The van der Waals surface area contributed by atoms with Crippen LogP contribution in [-0.2, 0) is 11.3 Å². The topological polar surface area (TPSA) is 122 Å². The van der Waals surface area contributed by atoms with Gasteiger partial charge in [0.1, 0.15) is 17.5 Å². The van der Waals surface area contributed by atoms with Crippen LogP contribution in [0.15, 0.2) is 9.59 Å². The van der Waals surface area contributed by atoms with Crippen LogP contribution in [0.25, 0.3) is 0 Å². The highest BCUT2D eigenvalue weighted by Crippen LogP contribution is 2.12. The van der Waals surface area contributed by atoms with Crippen LogP contribution in [0, 0.1) is 5.92 Å². The van der Waals surface area contributed by atoms with Crippen molar-refractivity contribution >= 4 is 17.4 Å². The predicted molar refractivity (Wildman–Crippen MR) is 77.7 cm³/mol. The van der Waals surface area contributed by atoms with Crippen LogP contribution in [0.4, 0.5) is 11.5 Å². The molecule has 112 valence electrons. The second kappa shape index (κ2) is 6.27. The van der Waals surface area contributed by atoms with Gasteiger partial charge in [-0.25, -0.2) is 4.79 Å². The Kier molecular flexibility index (Phi) is 4.95. The van der Waals surface area contributed by atoms with Crippen molar-refractivity contribution in [2.45, 2.75) is 33.4 Å². The minimum Gasteiger partial charge on any atom is -0.383 e. The van der Waals surface area contributed by atoms with Crippen LogP contribution in [0.2, 0.25) is 0 Å². The lowest BCUT2D eigenvalue weighted by atomic mass is 10.2. The molecule has 0 fully saturated rings. The largest absolute Gasteiger partial charge is 0.383 e. The third-order valence-corrected chi connectivity index (χ3v) is 2.79. The standard InChI is InChI=1S/C12H21N5O3/c1-6(2)5-17-9(13)8(11(19)16-12(17)20)15-7(3)10(18)14-4/h6-7,15H,5,13H2,1-4H3,(H,14,18)(H,16,19,20). The van der Waals surface area contributed by atoms with Crippen LogP contribution in [0.3, 0.4) is 0 Å². The Bertz CT molecular complexity index is 602. The fourth-order valence-electron chi connectivity index (χ4n) is 1.77. The average molecular weight is 283 g/mol. The summed E-state index contributed by atoms with van der Waals surface area (Å²) in [5.74, 6) is -0.0706. The maximum absolute atomic E-state index is 11.8. The summed E-state index contributed by atoms with van der Waals surface area (Å²) in [6.07, 6.45) is 0. The first kappa shape index (κ1) is 15.8. The molecular formula is C12H21N5O3. The highest BCUT2D eigenvalue weighted by molar-refractivity contribution is 5.84. The predicted octanol–water partition coefficient (Wildman–Crippen LogP) is -0.679. The van der Waals surface area contributed by atoms with E-state index in [0.717, 1.165) is 0 Å². The van der Waals surface area contributed by atoms with Gasteiger partial charge in [-0.3, -0.25) is 19.1 Å². The molecule has 0 saturated heterocycles. The number of aromatic nitrogens is 2. The van der Waals surface area contributed by atoms with Gasteiger partial charge in [0.15, 0.2) is 0 Å². The molecule has 0 spiro atoms. The Hall–Kier alpha value is -2.25. The lowest BCUT2D eigenvalue weighted by Gasteiger charge is -2.18. The molecule has 0 saturated carbocycles. The molecule has 20 heavy (non-hydrogen) atoms. The molecule has 8 nitrogen and oxygen atoms in total. The quantitative estimate of drug-likeness (QED) is 0.570. The fourth-order valence-corrected chi connectivity index (χ4v) is 1.77. The Morgan fingerprint density at radius 1 is 1.35 bits per heavy atom. The number of anilines is 2. The number of nitrogens with two attached hydrogens (primary N) is 1. The van der Waals surface area contributed by atoms with Crippen molar-refractivity contribution in [2.75, 3.05) is 18.1 Å². The number of H-pyrrole nitrogens is 1. The first-order chi connectivity index (χ1) is 9.27. The van der Waals surface area contributed by atoms with Crippen molar-refractivity contribution in [1.29, 1.82) is 0 Å². The Morgan fingerprint density at radius 3 is 2.45 bits per heavy atom. The molecule has 0 aliphatic carbocycles. The molecule has 8 heteroatoms. The molecule has 1 aromatic heterocycles. The minimum atomic E-state index is -0.645. The van der Waals surface area contributed by atoms with Crippen LogP contribution < -0.4 is 27.6 Å². The molecular weight excluding hydrogens is 262 g/mol. The third kappa shape index (κ3) is 3.40. The van der Waals surface area contributed by atoms with Gasteiger partial charge in [-0.2, -0.15) is 0 Å². The van der Waals surface area contributed by atoms with Crippen molar-refractivity contribution in [1.82, 2.24) is 14.9 Å². The lowest BCUT2D eigenvalue weighted by molar-refractivity contribution is -0.121. The summed E-state index contributed by atoms with van der Waals surface area (Å²) < 4.78 is 1.28. The van der Waals surface area contributed by atoms with Crippen molar-refractivity contribution < 1.29 is 4.79 Å². The van der Waals surface area contributed by atoms with E-state index in [1.54, 1.807) is 6.92 Å². The summed E-state index contributed by atoms with van der Waals surface area (Å²) >= 11 is 0. The van der Waals surface area contributed by atoms with Gasteiger partial charge >= 0.3 is 5.69 Å². The molecule has 1 rings (SSSR count). The smallest absolute Gasteiger partial charge is 0.330 e. The SMILES string of the molecule is CNC(=O)C(C)Nc1c(N)n(CC(C)C)c(=O)[nH]c1=O. The molecule has 1 atom stereocenters. The summed E-state index contributed by atoms with van der Waals surface area (Å²) in [5.41, 5.74) is 4.71. The van der Waals surface area contributed by atoms with E-state index in [4.69, 9.17) is 5.73 Å². The number of nitrogen functional groups attached to an aromatic ring is 1. The van der Waals surface area contributed by atoms with E-state index < -0.39 is 17.3 Å². The van der Waals surface area contributed by atoms with Crippen LogP contribution >= 0.6 is 0 Å². The van der Waals surface area contributed by atoms with Crippen molar-refractivity contribution in [3.8, 4) is 0 Å². The maximum atomic E-state index is 11.8. The molecule has 0 bridgehead atoms. The summed E-state index contributed by atoms with van der Waals surface area (Å²) in [7, 11) is 1.49. The number of likely N-dealkylation sites (N-methyl/N-ethyl adjacent to an activating group) is 1. The molecule has 0 aliphatic rings. The summed E-state index contributed by atoms with van der Waals surface area (Å²) in [4.78, 5) is 37.2. The van der Waals surface area contributed by atoms with E-state index in [1.165, 1.54) is 11.6 Å². The third-order valence-electron chi connectivity index (χ3n) is 2.79. The number of hydrogen-bond acceptors (Lipinski definition) is 5. The lowest BCUT2D eigenvalue weighted by Crippen LogP contribution is -2.40. The Balaban J connectivity index is 3.23. The number of carbonyl (C=O) groups excluding carboxylic acids is 1. The number of nitrogens with zero attached hydrogens (tertiary/aromatic N) is 1.